The summed E-state index contributed by atoms with van der Waals surface area (Å²) in [6.07, 6.45) is 3.46. The van der Waals surface area contributed by atoms with Crippen molar-refractivity contribution >= 4 is 11.7 Å². The molecule has 21 heavy (non-hydrogen) atoms. The highest BCUT2D eigenvalue weighted by molar-refractivity contribution is 5.97. The van der Waals surface area contributed by atoms with Gasteiger partial charge in [0.25, 0.3) is 0 Å². The van der Waals surface area contributed by atoms with Crippen molar-refractivity contribution < 1.29 is 9.59 Å². The van der Waals surface area contributed by atoms with Gasteiger partial charge in [0.1, 0.15) is 0 Å². The van der Waals surface area contributed by atoms with Crippen LogP contribution < -0.4 is 0 Å². The van der Waals surface area contributed by atoms with Crippen molar-refractivity contribution in [3.05, 3.63) is 34.9 Å². The lowest BCUT2D eigenvalue weighted by Crippen LogP contribution is -2.49. The zero-order valence-corrected chi connectivity index (χ0v) is 12.6. The number of nitrogens with zero attached hydrogens (tertiary/aromatic N) is 2. The molecule has 1 heterocycles. The number of piperazine rings is 1. The normalized spacial score (nSPS) is 18.6. The Morgan fingerprint density at radius 1 is 1.05 bits per heavy atom. The van der Waals surface area contributed by atoms with E-state index in [4.69, 9.17) is 0 Å². The minimum atomic E-state index is 0.125. The molecule has 1 fully saturated rings. The van der Waals surface area contributed by atoms with Crippen LogP contribution in [-0.4, -0.2) is 54.2 Å². The van der Waals surface area contributed by atoms with Gasteiger partial charge < -0.3 is 4.90 Å². The van der Waals surface area contributed by atoms with E-state index in [-0.39, 0.29) is 11.7 Å². The average molecular weight is 286 g/mol. The standard InChI is InChI=1S/C17H22N2O2/c1-13(20)19-9-7-18(8-10-19)12-17(21)16-6-5-14-3-2-4-15(14)11-16/h5-6,11H,2-4,7-10,12H2,1H3. The summed E-state index contributed by atoms with van der Waals surface area (Å²) in [7, 11) is 0. The van der Waals surface area contributed by atoms with Gasteiger partial charge in [0.2, 0.25) is 5.91 Å². The van der Waals surface area contributed by atoms with E-state index < -0.39 is 0 Å². The fourth-order valence-electron chi connectivity index (χ4n) is 3.26. The van der Waals surface area contributed by atoms with Gasteiger partial charge in [-0.3, -0.25) is 14.5 Å². The van der Waals surface area contributed by atoms with Gasteiger partial charge >= 0.3 is 0 Å². The van der Waals surface area contributed by atoms with Crippen LogP contribution in [0.1, 0.15) is 34.8 Å². The first-order valence-corrected chi connectivity index (χ1v) is 7.76. The average Bonchev–Trinajstić information content (AvgIpc) is 2.95. The number of aryl methyl sites for hydroxylation is 2. The monoisotopic (exact) mass is 286 g/mol. The number of fused-ring (bicyclic) bond motifs is 1. The topological polar surface area (TPSA) is 40.6 Å². The molecule has 1 aromatic carbocycles. The molecule has 0 bridgehead atoms. The molecule has 0 atom stereocenters. The molecule has 1 aliphatic carbocycles. The van der Waals surface area contributed by atoms with E-state index >= 15 is 0 Å². The molecule has 0 radical (unpaired) electrons. The molecule has 0 saturated carbocycles. The summed E-state index contributed by atoms with van der Waals surface area (Å²) in [5, 5.41) is 0. The number of carbonyl (C=O) groups is 2. The summed E-state index contributed by atoms with van der Waals surface area (Å²) in [5.41, 5.74) is 3.59. The smallest absolute Gasteiger partial charge is 0.219 e. The van der Waals surface area contributed by atoms with E-state index in [1.54, 1.807) is 6.92 Å². The van der Waals surface area contributed by atoms with Crippen LogP contribution in [0.25, 0.3) is 0 Å². The molecule has 4 heteroatoms. The van der Waals surface area contributed by atoms with Crippen LogP contribution in [0.4, 0.5) is 0 Å². The highest BCUT2D eigenvalue weighted by Gasteiger charge is 2.21. The summed E-state index contributed by atoms with van der Waals surface area (Å²) in [5.74, 6) is 0.320. The zero-order chi connectivity index (χ0) is 14.8. The van der Waals surface area contributed by atoms with E-state index in [0.717, 1.165) is 44.6 Å². The van der Waals surface area contributed by atoms with Gasteiger partial charge in [-0.15, -0.1) is 0 Å². The summed E-state index contributed by atoms with van der Waals surface area (Å²) < 4.78 is 0. The number of amides is 1. The van der Waals surface area contributed by atoms with Crippen molar-refractivity contribution in [1.82, 2.24) is 9.80 Å². The van der Waals surface area contributed by atoms with Crippen LogP contribution in [-0.2, 0) is 17.6 Å². The summed E-state index contributed by atoms with van der Waals surface area (Å²) in [4.78, 5) is 27.7. The molecule has 112 valence electrons. The zero-order valence-electron chi connectivity index (χ0n) is 12.6. The third kappa shape index (κ3) is 3.16. The van der Waals surface area contributed by atoms with E-state index in [9.17, 15) is 9.59 Å². The first kappa shape index (κ1) is 14.3. The highest BCUT2D eigenvalue weighted by atomic mass is 16.2. The lowest BCUT2D eigenvalue weighted by Gasteiger charge is -2.33. The Labute approximate surface area is 125 Å². The number of hydrogen-bond donors (Lipinski definition) is 0. The van der Waals surface area contributed by atoms with Gasteiger partial charge in [0, 0.05) is 38.7 Å². The van der Waals surface area contributed by atoms with Crippen molar-refractivity contribution in [1.29, 1.82) is 0 Å². The fourth-order valence-corrected chi connectivity index (χ4v) is 3.26. The van der Waals surface area contributed by atoms with Gasteiger partial charge in [-0.2, -0.15) is 0 Å². The summed E-state index contributed by atoms with van der Waals surface area (Å²) >= 11 is 0. The van der Waals surface area contributed by atoms with Crippen LogP contribution in [0.5, 0.6) is 0 Å². The minimum Gasteiger partial charge on any atom is -0.340 e. The molecular formula is C17H22N2O2. The second-order valence-corrected chi connectivity index (χ2v) is 6.04. The lowest BCUT2D eigenvalue weighted by molar-refractivity contribution is -0.130. The number of benzene rings is 1. The highest BCUT2D eigenvalue weighted by Crippen LogP contribution is 2.23. The van der Waals surface area contributed by atoms with Crippen LogP contribution in [0.3, 0.4) is 0 Å². The number of ketones is 1. The van der Waals surface area contributed by atoms with E-state index in [1.807, 2.05) is 11.0 Å². The Bertz CT molecular complexity index is 560. The number of Topliss-reactive ketones (excluding diaryl/α,β-unsaturated/α-hetero) is 1. The minimum absolute atomic E-state index is 0.125. The summed E-state index contributed by atoms with van der Waals surface area (Å²) in [6.45, 7) is 5.10. The Morgan fingerprint density at radius 2 is 1.76 bits per heavy atom. The van der Waals surface area contributed by atoms with E-state index in [1.165, 1.54) is 17.5 Å². The molecule has 2 aliphatic rings. The molecule has 1 aromatic rings. The first-order valence-electron chi connectivity index (χ1n) is 7.76. The Hall–Kier alpha value is -1.68. The molecule has 4 nitrogen and oxygen atoms in total. The van der Waals surface area contributed by atoms with Crippen molar-refractivity contribution in [2.75, 3.05) is 32.7 Å². The van der Waals surface area contributed by atoms with Crippen molar-refractivity contribution in [2.24, 2.45) is 0 Å². The van der Waals surface area contributed by atoms with E-state index in [2.05, 4.69) is 17.0 Å². The lowest BCUT2D eigenvalue weighted by atomic mass is 10.0. The van der Waals surface area contributed by atoms with Crippen molar-refractivity contribution in [3.63, 3.8) is 0 Å². The molecule has 1 aliphatic heterocycles. The maximum Gasteiger partial charge on any atom is 0.219 e. The SMILES string of the molecule is CC(=O)N1CCN(CC(=O)c2ccc3c(c2)CCC3)CC1. The van der Waals surface area contributed by atoms with Crippen LogP contribution in [0.2, 0.25) is 0 Å². The van der Waals surface area contributed by atoms with Gasteiger partial charge in [-0.25, -0.2) is 0 Å². The third-order valence-electron chi connectivity index (χ3n) is 4.61. The maximum atomic E-state index is 12.4. The maximum absolute atomic E-state index is 12.4. The Kier molecular flexibility index (Phi) is 4.06. The van der Waals surface area contributed by atoms with Gasteiger partial charge in [0.15, 0.2) is 5.78 Å². The number of rotatable bonds is 3. The molecule has 1 saturated heterocycles. The number of hydrogen-bond acceptors (Lipinski definition) is 3. The second-order valence-electron chi connectivity index (χ2n) is 6.04. The van der Waals surface area contributed by atoms with Gasteiger partial charge in [-0.1, -0.05) is 12.1 Å². The predicted molar refractivity (Wildman–Crippen MR) is 81.5 cm³/mol. The molecule has 0 N–H and O–H groups in total. The molecule has 3 rings (SSSR count). The first-order chi connectivity index (χ1) is 10.1. The molecule has 0 unspecified atom stereocenters. The molecule has 0 spiro atoms. The van der Waals surface area contributed by atoms with Crippen molar-refractivity contribution in [3.8, 4) is 0 Å². The van der Waals surface area contributed by atoms with Crippen LogP contribution in [0, 0.1) is 0 Å². The third-order valence-corrected chi connectivity index (χ3v) is 4.61. The fraction of sp³-hybridized carbons (Fsp3) is 0.529. The van der Waals surface area contributed by atoms with Crippen LogP contribution in [0.15, 0.2) is 18.2 Å². The Balaban J connectivity index is 1.58. The second kappa shape index (κ2) is 5.98. The number of carbonyl (C=O) groups excluding carboxylic acids is 2. The predicted octanol–water partition coefficient (Wildman–Crippen LogP) is 1.52. The van der Waals surface area contributed by atoms with Gasteiger partial charge in [-0.05, 0) is 36.5 Å². The van der Waals surface area contributed by atoms with Crippen LogP contribution >= 0.6 is 0 Å². The van der Waals surface area contributed by atoms with E-state index in [0.29, 0.717) is 6.54 Å². The molecular weight excluding hydrogens is 264 g/mol. The quantitative estimate of drug-likeness (QED) is 0.791. The largest absolute Gasteiger partial charge is 0.340 e. The van der Waals surface area contributed by atoms with Crippen molar-refractivity contribution in [2.45, 2.75) is 26.2 Å². The molecule has 1 amide bonds. The summed E-state index contributed by atoms with van der Waals surface area (Å²) in [6, 6.07) is 6.16. The van der Waals surface area contributed by atoms with Gasteiger partial charge in [0.05, 0.1) is 6.54 Å². The Morgan fingerprint density at radius 3 is 2.48 bits per heavy atom. The molecule has 0 aromatic heterocycles.